The first-order valence-corrected chi connectivity index (χ1v) is 9.05. The van der Waals surface area contributed by atoms with Crippen molar-refractivity contribution in [1.29, 1.82) is 0 Å². The van der Waals surface area contributed by atoms with Crippen LogP contribution in [0.2, 0.25) is 0 Å². The molecule has 1 amide bonds. The molecule has 0 aliphatic carbocycles. The zero-order valence-electron chi connectivity index (χ0n) is 15.5. The number of morpholine rings is 1. The van der Waals surface area contributed by atoms with Crippen molar-refractivity contribution in [3.05, 3.63) is 35.4 Å². The molecule has 1 heterocycles. The van der Waals surface area contributed by atoms with Crippen LogP contribution in [0.4, 0.5) is 0 Å². The summed E-state index contributed by atoms with van der Waals surface area (Å²) in [5, 5.41) is 2.65. The molecule has 0 aromatic heterocycles. The third-order valence-corrected chi connectivity index (χ3v) is 4.55. The molecule has 2 unspecified atom stereocenters. The largest absolute Gasteiger partial charge is 0.361 e. The fourth-order valence-corrected chi connectivity index (χ4v) is 3.47. The number of ether oxygens (including phenoxy) is 1. The summed E-state index contributed by atoms with van der Waals surface area (Å²) in [6.07, 6.45) is 0.345. The Morgan fingerprint density at radius 1 is 1.38 bits per heavy atom. The van der Waals surface area contributed by atoms with E-state index in [0.717, 1.165) is 38.7 Å². The van der Waals surface area contributed by atoms with Crippen LogP contribution in [0.1, 0.15) is 29.8 Å². The molecule has 1 aliphatic heterocycles. The van der Waals surface area contributed by atoms with Gasteiger partial charge in [-0.25, -0.2) is 0 Å². The van der Waals surface area contributed by atoms with Gasteiger partial charge in [-0.15, -0.1) is 0 Å². The van der Waals surface area contributed by atoms with E-state index < -0.39 is 0 Å². The van der Waals surface area contributed by atoms with Crippen molar-refractivity contribution in [2.24, 2.45) is 5.92 Å². The van der Waals surface area contributed by atoms with Crippen LogP contribution in [0.25, 0.3) is 0 Å². The van der Waals surface area contributed by atoms with Crippen LogP contribution in [0, 0.1) is 5.92 Å². The highest BCUT2D eigenvalue weighted by molar-refractivity contribution is 5.93. The minimum atomic E-state index is -0.0360. The van der Waals surface area contributed by atoms with Crippen molar-refractivity contribution < 1.29 is 19.3 Å². The first-order chi connectivity index (χ1) is 11.5. The summed E-state index contributed by atoms with van der Waals surface area (Å²) in [6, 6.07) is 7.89. The van der Waals surface area contributed by atoms with Gasteiger partial charge in [0.25, 0.3) is 5.91 Å². The van der Waals surface area contributed by atoms with E-state index in [0.29, 0.717) is 11.7 Å². The van der Waals surface area contributed by atoms with Crippen molar-refractivity contribution in [1.82, 2.24) is 5.32 Å². The molecule has 1 saturated heterocycles. The van der Waals surface area contributed by atoms with Gasteiger partial charge in [0.15, 0.2) is 6.10 Å². The minimum absolute atomic E-state index is 0.0360. The van der Waals surface area contributed by atoms with Gasteiger partial charge in [0, 0.05) is 24.1 Å². The maximum absolute atomic E-state index is 11.6. The lowest BCUT2D eigenvalue weighted by Gasteiger charge is -2.31. The minimum Gasteiger partial charge on any atom is -0.361 e. The van der Waals surface area contributed by atoms with Crippen LogP contribution in [0.15, 0.2) is 24.3 Å². The number of nitrogens with one attached hydrogen (secondary N) is 3. The molecular weight excluding hydrogens is 302 g/mol. The van der Waals surface area contributed by atoms with Crippen LogP contribution in [-0.2, 0) is 11.3 Å². The lowest BCUT2D eigenvalue weighted by Crippen LogP contribution is -3.17. The summed E-state index contributed by atoms with van der Waals surface area (Å²) in [5.74, 6) is 0.703. The van der Waals surface area contributed by atoms with E-state index >= 15 is 0 Å². The molecule has 0 bridgehead atoms. The number of benzene rings is 1. The highest BCUT2D eigenvalue weighted by Gasteiger charge is 2.26. The van der Waals surface area contributed by atoms with E-state index in [4.69, 9.17) is 4.74 Å². The van der Waals surface area contributed by atoms with Gasteiger partial charge < -0.3 is 19.9 Å². The second kappa shape index (κ2) is 9.16. The number of hydrogen-bond acceptors (Lipinski definition) is 2. The maximum atomic E-state index is 11.6. The van der Waals surface area contributed by atoms with Crippen LogP contribution in [0.3, 0.4) is 0 Å². The lowest BCUT2D eigenvalue weighted by molar-refractivity contribution is -0.932. The van der Waals surface area contributed by atoms with Gasteiger partial charge in [0.1, 0.15) is 26.2 Å². The van der Waals surface area contributed by atoms with Gasteiger partial charge in [-0.05, 0) is 12.1 Å². The van der Waals surface area contributed by atoms with Crippen LogP contribution in [-0.4, -0.2) is 58.9 Å². The van der Waals surface area contributed by atoms with Gasteiger partial charge in [-0.2, -0.15) is 0 Å². The molecule has 0 radical (unpaired) electrons. The molecule has 24 heavy (non-hydrogen) atoms. The summed E-state index contributed by atoms with van der Waals surface area (Å²) >= 11 is 0. The number of quaternary nitrogens is 2. The summed E-state index contributed by atoms with van der Waals surface area (Å²) in [6.45, 7) is 10.9. The summed E-state index contributed by atoms with van der Waals surface area (Å²) in [4.78, 5) is 14.7. The summed E-state index contributed by atoms with van der Waals surface area (Å²) in [5.41, 5.74) is 1.96. The number of hydrogen-bond donors (Lipinski definition) is 3. The van der Waals surface area contributed by atoms with Crippen molar-refractivity contribution >= 4 is 5.91 Å². The lowest BCUT2D eigenvalue weighted by atomic mass is 10.1. The number of amides is 1. The Hall–Kier alpha value is -1.43. The SMILES string of the molecule is CNC(=O)c1ccc(C[NH+](C)C[C@@H]2C[NH+](CC(C)C)CCO2)cc1. The predicted octanol–water partition coefficient (Wildman–Crippen LogP) is -0.999. The van der Waals surface area contributed by atoms with Crippen LogP contribution < -0.4 is 15.1 Å². The first kappa shape index (κ1) is 18.9. The molecule has 3 atom stereocenters. The Bertz CT molecular complexity index is 516. The van der Waals surface area contributed by atoms with E-state index in [1.54, 1.807) is 11.9 Å². The molecule has 1 aromatic carbocycles. The topological polar surface area (TPSA) is 47.2 Å². The zero-order valence-corrected chi connectivity index (χ0v) is 15.5. The number of rotatable bonds is 7. The fourth-order valence-electron chi connectivity index (χ4n) is 3.47. The number of carbonyl (C=O) groups is 1. The Kier molecular flexibility index (Phi) is 7.21. The van der Waals surface area contributed by atoms with Crippen molar-refractivity contribution in [3.63, 3.8) is 0 Å². The third-order valence-electron chi connectivity index (χ3n) is 4.55. The standard InChI is InChI=1S/C19H31N3O2/c1-15(2)11-22-9-10-24-18(14-22)13-21(4)12-16-5-7-17(8-6-16)19(23)20-3/h5-8,15,18H,9-14H2,1-4H3,(H,20,23)/p+2/t18-/m1/s1. The normalized spacial score (nSPS) is 22.4. The summed E-state index contributed by atoms with van der Waals surface area (Å²) in [7, 11) is 3.87. The third kappa shape index (κ3) is 5.89. The quantitative estimate of drug-likeness (QED) is 0.599. The van der Waals surface area contributed by atoms with Crippen LogP contribution >= 0.6 is 0 Å². The Balaban J connectivity index is 1.82. The van der Waals surface area contributed by atoms with Gasteiger partial charge in [0.2, 0.25) is 0 Å². The number of carbonyl (C=O) groups excluding carboxylic acids is 1. The highest BCUT2D eigenvalue weighted by Crippen LogP contribution is 2.03. The van der Waals surface area contributed by atoms with Crippen molar-refractivity contribution in [2.45, 2.75) is 26.5 Å². The molecule has 1 aliphatic rings. The van der Waals surface area contributed by atoms with E-state index in [1.165, 1.54) is 17.0 Å². The monoisotopic (exact) mass is 335 g/mol. The molecule has 5 heteroatoms. The molecule has 0 saturated carbocycles. The van der Waals surface area contributed by atoms with Gasteiger partial charge >= 0.3 is 0 Å². The molecule has 3 N–H and O–H groups in total. The molecule has 1 fully saturated rings. The second-order valence-corrected chi connectivity index (χ2v) is 7.41. The first-order valence-electron chi connectivity index (χ1n) is 9.05. The van der Waals surface area contributed by atoms with Gasteiger partial charge in [0.05, 0.1) is 20.2 Å². The van der Waals surface area contributed by atoms with Gasteiger partial charge in [-0.1, -0.05) is 26.0 Å². The summed E-state index contributed by atoms with van der Waals surface area (Å²) < 4.78 is 5.97. The zero-order chi connectivity index (χ0) is 17.5. The molecular formula is C19H33N3O2+2. The Morgan fingerprint density at radius 2 is 2.08 bits per heavy atom. The fraction of sp³-hybridized carbons (Fsp3) is 0.632. The van der Waals surface area contributed by atoms with E-state index in [1.807, 2.05) is 24.3 Å². The molecule has 134 valence electrons. The Morgan fingerprint density at radius 3 is 2.71 bits per heavy atom. The van der Waals surface area contributed by atoms with E-state index in [9.17, 15) is 4.79 Å². The van der Waals surface area contributed by atoms with Crippen LogP contribution in [0.5, 0.6) is 0 Å². The predicted molar refractivity (Wildman–Crippen MR) is 95.4 cm³/mol. The average molecular weight is 335 g/mol. The molecule has 0 spiro atoms. The molecule has 1 aromatic rings. The maximum Gasteiger partial charge on any atom is 0.251 e. The van der Waals surface area contributed by atoms with E-state index in [2.05, 4.69) is 26.2 Å². The van der Waals surface area contributed by atoms with Crippen molar-refractivity contribution in [3.8, 4) is 0 Å². The second-order valence-electron chi connectivity index (χ2n) is 7.41. The van der Waals surface area contributed by atoms with E-state index in [-0.39, 0.29) is 5.91 Å². The highest BCUT2D eigenvalue weighted by atomic mass is 16.5. The molecule has 2 rings (SSSR count). The smallest absolute Gasteiger partial charge is 0.251 e. The number of likely N-dealkylation sites (N-methyl/N-ethyl adjacent to an activating group) is 1. The average Bonchev–Trinajstić information content (AvgIpc) is 2.54. The Labute approximate surface area is 146 Å². The molecule has 5 nitrogen and oxygen atoms in total. The van der Waals surface area contributed by atoms with Gasteiger partial charge in [-0.3, -0.25) is 4.79 Å². The van der Waals surface area contributed by atoms with Crippen molar-refractivity contribution in [2.75, 3.05) is 46.9 Å².